The van der Waals surface area contributed by atoms with Gasteiger partial charge in [-0.15, -0.1) is 0 Å². The van der Waals surface area contributed by atoms with Crippen LogP contribution in [0.5, 0.6) is 0 Å². The molecule has 0 heterocycles. The fraction of sp³-hybridized carbons (Fsp3) is 0.909. The van der Waals surface area contributed by atoms with Gasteiger partial charge in [-0.1, -0.05) is 6.92 Å². The zero-order chi connectivity index (χ0) is 10.7. The van der Waals surface area contributed by atoms with E-state index in [1.54, 1.807) is 0 Å². The van der Waals surface area contributed by atoms with Crippen molar-refractivity contribution in [2.75, 3.05) is 0 Å². The highest BCUT2D eigenvalue weighted by Crippen LogP contribution is 2.30. The molecule has 0 bridgehead atoms. The van der Waals surface area contributed by atoms with E-state index in [-0.39, 0.29) is 24.1 Å². The monoisotopic (exact) mass is 200 g/mol. The van der Waals surface area contributed by atoms with Gasteiger partial charge in [-0.3, -0.25) is 4.79 Å². The molecule has 1 N–H and O–H groups in total. The van der Waals surface area contributed by atoms with Crippen LogP contribution in [0.4, 0.5) is 0 Å². The van der Waals surface area contributed by atoms with Crippen molar-refractivity contribution in [1.82, 2.24) is 0 Å². The molecule has 0 aromatic carbocycles. The van der Waals surface area contributed by atoms with Gasteiger partial charge in [-0.25, -0.2) is 0 Å². The van der Waals surface area contributed by atoms with Crippen LogP contribution in [0, 0.1) is 11.8 Å². The maximum Gasteiger partial charge on any atom is 0.309 e. The van der Waals surface area contributed by atoms with Crippen LogP contribution in [0.15, 0.2) is 0 Å². The second kappa shape index (κ2) is 4.78. The molecule has 0 aromatic rings. The second-order valence-corrected chi connectivity index (χ2v) is 4.54. The fourth-order valence-corrected chi connectivity index (χ4v) is 1.95. The summed E-state index contributed by atoms with van der Waals surface area (Å²) in [5.74, 6) is 0.0806. The van der Waals surface area contributed by atoms with Crippen molar-refractivity contribution in [3.05, 3.63) is 0 Å². The number of rotatable bonds is 2. The highest BCUT2D eigenvalue weighted by Gasteiger charge is 2.33. The Morgan fingerprint density at radius 1 is 1.43 bits per heavy atom. The van der Waals surface area contributed by atoms with Crippen LogP contribution in [-0.4, -0.2) is 23.3 Å². The van der Waals surface area contributed by atoms with Gasteiger partial charge in [-0.05, 0) is 39.0 Å². The first-order valence-electron chi connectivity index (χ1n) is 5.39. The van der Waals surface area contributed by atoms with Gasteiger partial charge < -0.3 is 9.84 Å². The number of aliphatic hydroxyl groups excluding tert-OH is 1. The Hall–Kier alpha value is -0.570. The van der Waals surface area contributed by atoms with Crippen molar-refractivity contribution in [1.29, 1.82) is 0 Å². The molecule has 0 amide bonds. The van der Waals surface area contributed by atoms with E-state index in [0.29, 0.717) is 12.3 Å². The van der Waals surface area contributed by atoms with Crippen molar-refractivity contribution < 1.29 is 14.6 Å². The van der Waals surface area contributed by atoms with E-state index in [1.165, 1.54) is 0 Å². The number of hydrogen-bond donors (Lipinski definition) is 1. The molecular weight excluding hydrogens is 180 g/mol. The van der Waals surface area contributed by atoms with Crippen LogP contribution in [-0.2, 0) is 9.53 Å². The number of ether oxygens (including phenoxy) is 1. The van der Waals surface area contributed by atoms with Gasteiger partial charge in [-0.2, -0.15) is 0 Å². The summed E-state index contributed by atoms with van der Waals surface area (Å²) in [6, 6.07) is 0. The van der Waals surface area contributed by atoms with Crippen molar-refractivity contribution in [3.63, 3.8) is 0 Å². The minimum absolute atomic E-state index is 0.0613. The van der Waals surface area contributed by atoms with Crippen molar-refractivity contribution in [3.8, 4) is 0 Å². The Morgan fingerprint density at radius 3 is 2.64 bits per heavy atom. The van der Waals surface area contributed by atoms with Crippen LogP contribution in [0.3, 0.4) is 0 Å². The van der Waals surface area contributed by atoms with Gasteiger partial charge in [0.2, 0.25) is 0 Å². The molecule has 0 spiro atoms. The van der Waals surface area contributed by atoms with Gasteiger partial charge in [0.15, 0.2) is 0 Å². The first-order chi connectivity index (χ1) is 6.50. The quantitative estimate of drug-likeness (QED) is 0.690. The average Bonchev–Trinajstić information content (AvgIpc) is 2.08. The van der Waals surface area contributed by atoms with E-state index in [4.69, 9.17) is 4.74 Å². The third kappa shape index (κ3) is 2.98. The standard InChI is InChI=1S/C11H20O3/c1-7(2)14-11(13)10-6-9(12)5-4-8(10)3/h7-10,12H,4-6H2,1-3H3/t8-,9-,10-/m1/s1. The highest BCUT2D eigenvalue weighted by atomic mass is 16.5. The Balaban J connectivity index is 2.51. The van der Waals surface area contributed by atoms with E-state index >= 15 is 0 Å². The summed E-state index contributed by atoms with van der Waals surface area (Å²) in [4.78, 5) is 11.6. The lowest BCUT2D eigenvalue weighted by molar-refractivity contribution is -0.157. The summed E-state index contributed by atoms with van der Waals surface area (Å²) in [5.41, 5.74) is 0. The Bertz CT molecular complexity index is 201. The Labute approximate surface area is 85.5 Å². The second-order valence-electron chi connectivity index (χ2n) is 4.54. The summed E-state index contributed by atoms with van der Waals surface area (Å²) >= 11 is 0. The maximum atomic E-state index is 11.6. The first kappa shape index (κ1) is 11.5. The molecule has 3 nitrogen and oxygen atoms in total. The average molecular weight is 200 g/mol. The molecule has 3 atom stereocenters. The zero-order valence-corrected chi connectivity index (χ0v) is 9.19. The van der Waals surface area contributed by atoms with Gasteiger partial charge in [0, 0.05) is 0 Å². The van der Waals surface area contributed by atoms with Crippen LogP contribution >= 0.6 is 0 Å². The number of carbonyl (C=O) groups is 1. The first-order valence-corrected chi connectivity index (χ1v) is 5.39. The number of hydrogen-bond acceptors (Lipinski definition) is 3. The number of carbonyl (C=O) groups excluding carboxylic acids is 1. The lowest BCUT2D eigenvalue weighted by Gasteiger charge is -2.30. The molecule has 14 heavy (non-hydrogen) atoms. The molecule has 1 rings (SSSR count). The van der Waals surface area contributed by atoms with Crippen LogP contribution in [0.1, 0.15) is 40.0 Å². The molecule has 0 saturated heterocycles. The molecule has 1 fully saturated rings. The van der Waals surface area contributed by atoms with Gasteiger partial charge in [0.05, 0.1) is 18.1 Å². The molecule has 0 aliphatic heterocycles. The molecular formula is C11H20O3. The number of esters is 1. The molecule has 82 valence electrons. The van der Waals surface area contributed by atoms with E-state index in [0.717, 1.165) is 12.8 Å². The summed E-state index contributed by atoms with van der Waals surface area (Å²) in [6.45, 7) is 5.75. The smallest absolute Gasteiger partial charge is 0.309 e. The van der Waals surface area contributed by atoms with Crippen LogP contribution in [0.2, 0.25) is 0 Å². The minimum atomic E-state index is -0.323. The molecule has 1 aliphatic rings. The van der Waals surface area contributed by atoms with Crippen molar-refractivity contribution in [2.45, 2.75) is 52.2 Å². The van der Waals surface area contributed by atoms with E-state index in [2.05, 4.69) is 6.92 Å². The van der Waals surface area contributed by atoms with Crippen LogP contribution < -0.4 is 0 Å². The van der Waals surface area contributed by atoms with Gasteiger partial charge in [0.25, 0.3) is 0 Å². The third-order valence-corrected chi connectivity index (χ3v) is 2.82. The van der Waals surface area contributed by atoms with Crippen molar-refractivity contribution >= 4 is 5.97 Å². The summed E-state index contributed by atoms with van der Waals surface area (Å²) in [6.07, 6.45) is 1.91. The third-order valence-electron chi connectivity index (χ3n) is 2.82. The lowest BCUT2D eigenvalue weighted by atomic mass is 9.79. The molecule has 0 aromatic heterocycles. The Morgan fingerprint density at radius 2 is 2.07 bits per heavy atom. The normalized spacial score (nSPS) is 33.1. The van der Waals surface area contributed by atoms with Gasteiger partial charge in [0.1, 0.15) is 0 Å². The van der Waals surface area contributed by atoms with E-state index in [1.807, 2.05) is 13.8 Å². The van der Waals surface area contributed by atoms with Crippen molar-refractivity contribution in [2.24, 2.45) is 11.8 Å². The fourth-order valence-electron chi connectivity index (χ4n) is 1.95. The SMILES string of the molecule is CC(C)OC(=O)[C@@H]1C[C@H](O)CC[C@H]1C. The Kier molecular flexibility index (Phi) is 3.93. The van der Waals surface area contributed by atoms with Crippen LogP contribution in [0.25, 0.3) is 0 Å². The lowest BCUT2D eigenvalue weighted by Crippen LogP contribution is -2.34. The topological polar surface area (TPSA) is 46.5 Å². The maximum absolute atomic E-state index is 11.6. The predicted octanol–water partition coefficient (Wildman–Crippen LogP) is 1.74. The van der Waals surface area contributed by atoms with Gasteiger partial charge >= 0.3 is 5.97 Å². The molecule has 3 heteroatoms. The molecule has 0 radical (unpaired) electrons. The predicted molar refractivity (Wildman–Crippen MR) is 53.7 cm³/mol. The molecule has 1 saturated carbocycles. The largest absolute Gasteiger partial charge is 0.463 e. The summed E-state index contributed by atoms with van der Waals surface area (Å²) in [7, 11) is 0. The zero-order valence-electron chi connectivity index (χ0n) is 9.19. The molecule has 0 unspecified atom stereocenters. The van der Waals surface area contributed by atoms with E-state index in [9.17, 15) is 9.90 Å². The summed E-state index contributed by atoms with van der Waals surface area (Å²) in [5, 5.41) is 9.47. The number of aliphatic hydroxyl groups is 1. The summed E-state index contributed by atoms with van der Waals surface area (Å²) < 4.78 is 5.16. The minimum Gasteiger partial charge on any atom is -0.463 e. The van der Waals surface area contributed by atoms with E-state index < -0.39 is 0 Å². The highest BCUT2D eigenvalue weighted by molar-refractivity contribution is 5.73. The molecule has 1 aliphatic carbocycles.